The highest BCUT2D eigenvalue weighted by Gasteiger charge is 2.20. The van der Waals surface area contributed by atoms with Crippen molar-refractivity contribution in [2.24, 2.45) is 0 Å². The van der Waals surface area contributed by atoms with Gasteiger partial charge >= 0.3 is 0 Å². The maximum absolute atomic E-state index is 12.4. The SMILES string of the molecule is COc1ccccc1CCNC(=O)CN(C(C)=O)c1cc(Cl)ccc1OC. The Bertz CT molecular complexity index is 810. The quantitative estimate of drug-likeness (QED) is 0.752. The molecule has 0 saturated heterocycles. The average Bonchev–Trinajstić information content (AvgIpc) is 2.66. The Balaban J connectivity index is 2.01. The molecule has 0 fully saturated rings. The van der Waals surface area contributed by atoms with Gasteiger partial charge in [0, 0.05) is 18.5 Å². The molecule has 0 aliphatic rings. The summed E-state index contributed by atoms with van der Waals surface area (Å²) in [6, 6.07) is 12.6. The number of halogens is 1. The first-order valence-electron chi connectivity index (χ1n) is 8.46. The zero-order chi connectivity index (χ0) is 19.8. The molecule has 2 rings (SSSR count). The second-order valence-corrected chi connectivity index (χ2v) is 6.27. The van der Waals surface area contributed by atoms with E-state index in [0.29, 0.717) is 29.4 Å². The van der Waals surface area contributed by atoms with E-state index in [0.717, 1.165) is 11.3 Å². The molecule has 2 aromatic carbocycles. The van der Waals surface area contributed by atoms with Crippen molar-refractivity contribution in [2.75, 3.05) is 32.2 Å². The Morgan fingerprint density at radius 2 is 1.78 bits per heavy atom. The normalized spacial score (nSPS) is 10.2. The minimum Gasteiger partial charge on any atom is -0.496 e. The van der Waals surface area contributed by atoms with Gasteiger partial charge in [-0.15, -0.1) is 0 Å². The molecular formula is C20H23ClN2O4. The molecule has 0 aliphatic carbocycles. The van der Waals surface area contributed by atoms with E-state index < -0.39 is 0 Å². The number of amides is 2. The van der Waals surface area contributed by atoms with Crippen LogP contribution in [0.3, 0.4) is 0 Å². The molecule has 144 valence electrons. The van der Waals surface area contributed by atoms with Crippen LogP contribution < -0.4 is 19.7 Å². The van der Waals surface area contributed by atoms with E-state index in [2.05, 4.69) is 5.32 Å². The summed E-state index contributed by atoms with van der Waals surface area (Å²) in [6.45, 7) is 1.69. The molecule has 27 heavy (non-hydrogen) atoms. The number of carbonyl (C=O) groups excluding carboxylic acids is 2. The van der Waals surface area contributed by atoms with E-state index in [1.54, 1.807) is 25.3 Å². The van der Waals surface area contributed by atoms with Crippen LogP contribution in [0.1, 0.15) is 12.5 Å². The monoisotopic (exact) mass is 390 g/mol. The molecule has 2 amide bonds. The summed E-state index contributed by atoms with van der Waals surface area (Å²) < 4.78 is 10.6. The molecular weight excluding hydrogens is 368 g/mol. The molecule has 0 saturated carbocycles. The van der Waals surface area contributed by atoms with E-state index >= 15 is 0 Å². The predicted octanol–water partition coefficient (Wildman–Crippen LogP) is 3.07. The molecule has 1 N–H and O–H groups in total. The second-order valence-electron chi connectivity index (χ2n) is 5.83. The van der Waals surface area contributed by atoms with Crippen LogP contribution in [-0.2, 0) is 16.0 Å². The number of para-hydroxylation sites is 1. The third kappa shape index (κ3) is 5.62. The summed E-state index contributed by atoms with van der Waals surface area (Å²) in [5.74, 6) is 0.690. The van der Waals surface area contributed by atoms with E-state index in [1.165, 1.54) is 18.9 Å². The minimum absolute atomic E-state index is 0.127. The Kier molecular flexibility index (Phi) is 7.49. The first-order valence-corrected chi connectivity index (χ1v) is 8.84. The number of hydrogen-bond donors (Lipinski definition) is 1. The van der Waals surface area contributed by atoms with Crippen LogP contribution in [0.4, 0.5) is 5.69 Å². The van der Waals surface area contributed by atoms with Crippen LogP contribution in [-0.4, -0.2) is 39.1 Å². The zero-order valence-electron chi connectivity index (χ0n) is 15.6. The van der Waals surface area contributed by atoms with Gasteiger partial charge in [0.2, 0.25) is 11.8 Å². The van der Waals surface area contributed by atoms with Crippen molar-refractivity contribution < 1.29 is 19.1 Å². The minimum atomic E-state index is -0.282. The highest BCUT2D eigenvalue weighted by Crippen LogP contribution is 2.31. The lowest BCUT2D eigenvalue weighted by atomic mass is 10.1. The van der Waals surface area contributed by atoms with Crippen molar-refractivity contribution in [3.63, 3.8) is 0 Å². The summed E-state index contributed by atoms with van der Waals surface area (Å²) in [6.07, 6.45) is 0.621. The van der Waals surface area contributed by atoms with Crippen LogP contribution in [0.2, 0.25) is 5.02 Å². The van der Waals surface area contributed by atoms with Crippen molar-refractivity contribution >= 4 is 29.1 Å². The lowest BCUT2D eigenvalue weighted by Crippen LogP contribution is -2.40. The van der Waals surface area contributed by atoms with Gasteiger partial charge in [0.05, 0.1) is 19.9 Å². The molecule has 0 heterocycles. The van der Waals surface area contributed by atoms with E-state index in [9.17, 15) is 9.59 Å². The molecule has 0 unspecified atom stereocenters. The maximum Gasteiger partial charge on any atom is 0.240 e. The third-order valence-corrected chi connectivity index (χ3v) is 4.26. The van der Waals surface area contributed by atoms with Gasteiger partial charge < -0.3 is 14.8 Å². The number of nitrogens with one attached hydrogen (secondary N) is 1. The fourth-order valence-corrected chi connectivity index (χ4v) is 2.85. The molecule has 6 nitrogen and oxygen atoms in total. The Hall–Kier alpha value is -2.73. The fraction of sp³-hybridized carbons (Fsp3) is 0.300. The van der Waals surface area contributed by atoms with Crippen molar-refractivity contribution in [1.82, 2.24) is 5.32 Å². The molecule has 0 radical (unpaired) electrons. The highest BCUT2D eigenvalue weighted by atomic mass is 35.5. The first-order chi connectivity index (χ1) is 13.0. The molecule has 0 spiro atoms. The number of methoxy groups -OCH3 is 2. The summed E-state index contributed by atoms with van der Waals surface area (Å²) in [5.41, 5.74) is 1.46. The summed E-state index contributed by atoms with van der Waals surface area (Å²) in [5, 5.41) is 3.28. The number of hydrogen-bond acceptors (Lipinski definition) is 4. The number of rotatable bonds is 8. The molecule has 0 aromatic heterocycles. The van der Waals surface area contributed by atoms with Crippen LogP contribution >= 0.6 is 11.6 Å². The summed E-state index contributed by atoms with van der Waals surface area (Å²) in [7, 11) is 3.11. The molecule has 0 atom stereocenters. The lowest BCUT2D eigenvalue weighted by Gasteiger charge is -2.23. The maximum atomic E-state index is 12.4. The molecule has 2 aromatic rings. The Morgan fingerprint density at radius 3 is 2.44 bits per heavy atom. The molecule has 0 bridgehead atoms. The largest absolute Gasteiger partial charge is 0.496 e. The topological polar surface area (TPSA) is 67.9 Å². The van der Waals surface area contributed by atoms with Gasteiger partial charge in [-0.05, 0) is 36.2 Å². The number of carbonyl (C=O) groups is 2. The average molecular weight is 391 g/mol. The van der Waals surface area contributed by atoms with Crippen molar-refractivity contribution in [2.45, 2.75) is 13.3 Å². The number of anilines is 1. The van der Waals surface area contributed by atoms with Crippen molar-refractivity contribution in [3.05, 3.63) is 53.1 Å². The van der Waals surface area contributed by atoms with E-state index in [4.69, 9.17) is 21.1 Å². The standard InChI is InChI=1S/C20H23ClN2O4/c1-14(24)23(17-12-16(21)8-9-19(17)27-3)13-20(25)22-11-10-15-6-4-5-7-18(15)26-2/h4-9,12H,10-11,13H2,1-3H3,(H,22,25). The van der Waals surface area contributed by atoms with E-state index in [1.807, 2.05) is 24.3 Å². The molecule has 7 heteroatoms. The lowest BCUT2D eigenvalue weighted by molar-refractivity contribution is -0.123. The fourth-order valence-electron chi connectivity index (χ4n) is 2.69. The first kappa shape index (κ1) is 20.6. The summed E-state index contributed by atoms with van der Waals surface area (Å²) >= 11 is 6.03. The number of benzene rings is 2. The third-order valence-electron chi connectivity index (χ3n) is 4.02. The van der Waals surface area contributed by atoms with Crippen LogP contribution in [0.5, 0.6) is 11.5 Å². The van der Waals surface area contributed by atoms with Gasteiger partial charge in [-0.1, -0.05) is 29.8 Å². The number of ether oxygens (including phenoxy) is 2. The second kappa shape index (κ2) is 9.83. The molecule has 0 aliphatic heterocycles. The zero-order valence-corrected chi connectivity index (χ0v) is 16.4. The van der Waals surface area contributed by atoms with Gasteiger partial charge in [-0.25, -0.2) is 0 Å². The van der Waals surface area contributed by atoms with Gasteiger partial charge in [-0.2, -0.15) is 0 Å². The predicted molar refractivity (Wildman–Crippen MR) is 106 cm³/mol. The highest BCUT2D eigenvalue weighted by molar-refractivity contribution is 6.31. The van der Waals surface area contributed by atoms with E-state index in [-0.39, 0.29) is 18.4 Å². The van der Waals surface area contributed by atoms with Gasteiger partial charge in [0.1, 0.15) is 18.0 Å². The van der Waals surface area contributed by atoms with Crippen LogP contribution in [0.15, 0.2) is 42.5 Å². The van der Waals surface area contributed by atoms with Gasteiger partial charge in [0.15, 0.2) is 0 Å². The van der Waals surface area contributed by atoms with Crippen LogP contribution in [0.25, 0.3) is 0 Å². The van der Waals surface area contributed by atoms with Crippen LogP contribution in [0, 0.1) is 0 Å². The Labute approximate surface area is 164 Å². The van der Waals surface area contributed by atoms with Gasteiger partial charge in [0.25, 0.3) is 0 Å². The smallest absolute Gasteiger partial charge is 0.240 e. The van der Waals surface area contributed by atoms with Crippen molar-refractivity contribution in [1.29, 1.82) is 0 Å². The summed E-state index contributed by atoms with van der Waals surface area (Å²) in [4.78, 5) is 25.8. The number of nitrogens with zero attached hydrogens (tertiary/aromatic N) is 1. The Morgan fingerprint density at radius 1 is 1.07 bits per heavy atom. The van der Waals surface area contributed by atoms with Gasteiger partial charge in [-0.3, -0.25) is 14.5 Å². The van der Waals surface area contributed by atoms with Crippen molar-refractivity contribution in [3.8, 4) is 11.5 Å².